The number of esters is 1. The first-order valence-corrected chi connectivity index (χ1v) is 9.91. The number of nitrogens with one attached hydrogen (secondary N) is 1. The van der Waals surface area contributed by atoms with Gasteiger partial charge in [0.05, 0.1) is 11.8 Å². The number of hydrogen-bond acceptors (Lipinski definition) is 4. The van der Waals surface area contributed by atoms with E-state index in [9.17, 15) is 9.59 Å². The van der Waals surface area contributed by atoms with E-state index in [0.717, 1.165) is 11.1 Å². The Balaban J connectivity index is 0.000000887. The van der Waals surface area contributed by atoms with Crippen molar-refractivity contribution in [2.75, 3.05) is 0 Å². The Hall–Kier alpha value is -1.88. The quantitative estimate of drug-likeness (QED) is 0.661. The van der Waals surface area contributed by atoms with E-state index >= 15 is 0 Å². The highest BCUT2D eigenvalue weighted by molar-refractivity contribution is 5.76. The van der Waals surface area contributed by atoms with E-state index in [1.807, 2.05) is 46.8 Å². The van der Waals surface area contributed by atoms with Crippen molar-refractivity contribution < 1.29 is 19.4 Å². The molecule has 0 aliphatic carbocycles. The molecule has 5 nitrogen and oxygen atoms in total. The van der Waals surface area contributed by atoms with E-state index in [1.54, 1.807) is 12.1 Å². The number of carbonyl (C=O) groups is 2. The summed E-state index contributed by atoms with van der Waals surface area (Å²) in [6.45, 7) is 17.9. The third-order valence-corrected chi connectivity index (χ3v) is 3.64. The molecule has 0 aliphatic heterocycles. The molecule has 0 unspecified atom stereocenters. The van der Waals surface area contributed by atoms with Crippen LogP contribution in [0.3, 0.4) is 0 Å². The maximum absolute atomic E-state index is 12.2. The van der Waals surface area contributed by atoms with Crippen molar-refractivity contribution >= 4 is 11.9 Å². The Morgan fingerprint density at radius 3 is 1.68 bits per heavy atom. The third kappa shape index (κ3) is 12.5. The molecule has 28 heavy (non-hydrogen) atoms. The molecule has 1 rings (SSSR count). The molecule has 0 bridgehead atoms. The molecule has 0 radical (unpaired) electrons. The third-order valence-electron chi connectivity index (χ3n) is 3.64. The summed E-state index contributed by atoms with van der Waals surface area (Å²) in [6.07, 6.45) is 0.561. The second-order valence-corrected chi connectivity index (χ2v) is 9.43. The van der Waals surface area contributed by atoms with Crippen molar-refractivity contribution in [1.29, 1.82) is 0 Å². The second kappa shape index (κ2) is 11.2. The molecule has 1 aromatic rings. The van der Waals surface area contributed by atoms with Crippen molar-refractivity contribution in [2.45, 2.75) is 92.8 Å². The zero-order chi connectivity index (χ0) is 22.1. The van der Waals surface area contributed by atoms with E-state index in [1.165, 1.54) is 0 Å². The first kappa shape index (κ1) is 26.1. The molecule has 2 N–H and O–H groups in total. The average Bonchev–Trinajstić information content (AvgIpc) is 2.46. The highest BCUT2D eigenvalue weighted by Crippen LogP contribution is 2.26. The van der Waals surface area contributed by atoms with Crippen LogP contribution in [0.2, 0.25) is 0 Å². The van der Waals surface area contributed by atoms with Crippen LogP contribution in [0.15, 0.2) is 24.3 Å². The van der Waals surface area contributed by atoms with E-state index in [4.69, 9.17) is 9.84 Å². The Labute approximate surface area is 170 Å². The van der Waals surface area contributed by atoms with Gasteiger partial charge in [0.1, 0.15) is 5.60 Å². The predicted octanol–water partition coefficient (Wildman–Crippen LogP) is 4.62. The Morgan fingerprint density at radius 2 is 1.36 bits per heavy atom. The molecular weight excluding hydrogens is 354 g/mol. The summed E-state index contributed by atoms with van der Waals surface area (Å²) >= 11 is 0. The van der Waals surface area contributed by atoms with Gasteiger partial charge in [-0.3, -0.25) is 9.59 Å². The molecular formula is C23H39NO4. The van der Waals surface area contributed by atoms with Gasteiger partial charge in [0.2, 0.25) is 0 Å². The minimum atomic E-state index is -0.850. The van der Waals surface area contributed by atoms with Crippen LogP contribution in [0.4, 0.5) is 0 Å². The fourth-order valence-corrected chi connectivity index (χ4v) is 2.61. The summed E-state index contributed by atoms with van der Waals surface area (Å²) < 4.78 is 5.43. The lowest BCUT2D eigenvalue weighted by Crippen LogP contribution is -2.35. The van der Waals surface area contributed by atoms with Gasteiger partial charge in [-0.05, 0) is 52.2 Å². The van der Waals surface area contributed by atoms with Crippen LogP contribution in [0.1, 0.15) is 73.4 Å². The van der Waals surface area contributed by atoms with E-state index in [0.29, 0.717) is 18.5 Å². The number of ether oxygens (including phenoxy) is 1. The zero-order valence-electron chi connectivity index (χ0n) is 19.1. The number of aliphatic carboxylic acids is 1. The second-order valence-electron chi connectivity index (χ2n) is 9.43. The van der Waals surface area contributed by atoms with Gasteiger partial charge in [0.25, 0.3) is 0 Å². The minimum absolute atomic E-state index is 0.00966. The number of rotatable bonds is 7. The summed E-state index contributed by atoms with van der Waals surface area (Å²) in [4.78, 5) is 22.8. The van der Waals surface area contributed by atoms with Gasteiger partial charge in [-0.25, -0.2) is 0 Å². The first-order valence-electron chi connectivity index (χ1n) is 9.91. The molecule has 0 aromatic heterocycles. The van der Waals surface area contributed by atoms with Crippen molar-refractivity contribution in [3.05, 3.63) is 35.4 Å². The summed E-state index contributed by atoms with van der Waals surface area (Å²) in [5, 5.41) is 12.0. The van der Waals surface area contributed by atoms with Gasteiger partial charge in [0.15, 0.2) is 0 Å². The molecule has 0 amide bonds. The van der Waals surface area contributed by atoms with Crippen molar-refractivity contribution in [1.82, 2.24) is 5.32 Å². The molecule has 0 saturated carbocycles. The largest absolute Gasteiger partial charge is 0.481 e. The van der Waals surface area contributed by atoms with Crippen LogP contribution in [-0.4, -0.2) is 34.7 Å². The number of hydrogen-bond donors (Lipinski definition) is 2. The lowest BCUT2D eigenvalue weighted by atomic mass is 9.85. The van der Waals surface area contributed by atoms with Crippen molar-refractivity contribution in [2.24, 2.45) is 5.41 Å². The maximum Gasteiger partial charge on any atom is 0.312 e. The van der Waals surface area contributed by atoms with Gasteiger partial charge in [-0.1, -0.05) is 52.0 Å². The highest BCUT2D eigenvalue weighted by Gasteiger charge is 2.32. The average molecular weight is 394 g/mol. The van der Waals surface area contributed by atoms with Crippen LogP contribution < -0.4 is 5.32 Å². The lowest BCUT2D eigenvalue weighted by molar-refractivity contribution is -0.165. The van der Waals surface area contributed by atoms with Crippen LogP contribution in [0.25, 0.3) is 0 Å². The molecule has 0 heterocycles. The summed E-state index contributed by atoms with van der Waals surface area (Å²) in [5.74, 6) is -1.08. The Bertz CT molecular complexity index is 604. The van der Waals surface area contributed by atoms with Gasteiger partial charge in [-0.2, -0.15) is 0 Å². The topological polar surface area (TPSA) is 75.6 Å². The highest BCUT2D eigenvalue weighted by atomic mass is 16.6. The molecule has 1 aromatic carbocycles. The van der Waals surface area contributed by atoms with Crippen LogP contribution in [0.5, 0.6) is 0 Å². The van der Waals surface area contributed by atoms with E-state index in [2.05, 4.69) is 33.0 Å². The van der Waals surface area contributed by atoms with Gasteiger partial charge in [0, 0.05) is 12.1 Å². The summed E-state index contributed by atoms with van der Waals surface area (Å²) in [5.41, 5.74) is 0.614. The SMILES string of the molecule is CC(C)(C)OC(=O)C(C)(C)Cc1ccc(CC(=O)O)cc1.CC(C)NC(C)C. The Kier molecular flexibility index (Phi) is 10.4. The van der Waals surface area contributed by atoms with Crippen LogP contribution in [-0.2, 0) is 27.2 Å². The summed E-state index contributed by atoms with van der Waals surface area (Å²) in [6, 6.07) is 8.55. The number of carboxylic acid groups (broad SMARTS) is 1. The van der Waals surface area contributed by atoms with E-state index < -0.39 is 17.0 Å². The van der Waals surface area contributed by atoms with Gasteiger partial charge < -0.3 is 15.2 Å². The lowest BCUT2D eigenvalue weighted by Gasteiger charge is -2.28. The molecule has 5 heteroatoms. The molecule has 0 aliphatic rings. The smallest absolute Gasteiger partial charge is 0.312 e. The fraction of sp³-hybridized carbons (Fsp3) is 0.652. The van der Waals surface area contributed by atoms with E-state index in [-0.39, 0.29) is 12.4 Å². The van der Waals surface area contributed by atoms with Crippen molar-refractivity contribution in [3.8, 4) is 0 Å². The minimum Gasteiger partial charge on any atom is -0.481 e. The molecule has 0 spiro atoms. The normalized spacial score (nSPS) is 11.8. The molecule has 0 atom stereocenters. The van der Waals surface area contributed by atoms with Gasteiger partial charge >= 0.3 is 11.9 Å². The monoisotopic (exact) mass is 393 g/mol. The molecule has 0 saturated heterocycles. The molecule has 160 valence electrons. The Morgan fingerprint density at radius 1 is 0.929 bits per heavy atom. The number of carboxylic acids is 1. The first-order chi connectivity index (χ1) is 12.6. The number of benzene rings is 1. The van der Waals surface area contributed by atoms with Crippen molar-refractivity contribution in [3.63, 3.8) is 0 Å². The summed E-state index contributed by atoms with van der Waals surface area (Å²) in [7, 11) is 0. The predicted molar refractivity (Wildman–Crippen MR) is 115 cm³/mol. The van der Waals surface area contributed by atoms with Gasteiger partial charge in [-0.15, -0.1) is 0 Å². The fourth-order valence-electron chi connectivity index (χ4n) is 2.61. The van der Waals surface area contributed by atoms with Crippen LogP contribution >= 0.6 is 0 Å². The van der Waals surface area contributed by atoms with Crippen LogP contribution in [0, 0.1) is 5.41 Å². The zero-order valence-corrected chi connectivity index (χ0v) is 19.1. The maximum atomic E-state index is 12.2. The number of carbonyl (C=O) groups excluding carboxylic acids is 1. The molecule has 0 fully saturated rings. The standard InChI is InChI=1S/C17H24O4.C6H15N/c1-16(2,3)21-15(20)17(4,5)11-13-8-6-12(7-9-13)10-14(18)19;1-5(2)7-6(3)4/h6-9H,10-11H2,1-5H3,(H,18,19);5-7H,1-4H3.